The molecule has 4 rings (SSSR count). The van der Waals surface area contributed by atoms with Crippen LogP contribution in [0.1, 0.15) is 37.0 Å². The van der Waals surface area contributed by atoms with Gasteiger partial charge in [0.1, 0.15) is 18.4 Å². The number of nitrogens with one attached hydrogen (secondary N) is 1. The Balaban J connectivity index is 1.80. The van der Waals surface area contributed by atoms with Crippen molar-refractivity contribution in [2.24, 2.45) is 0 Å². The van der Waals surface area contributed by atoms with Gasteiger partial charge in [-0.2, -0.15) is 0 Å². The highest BCUT2D eigenvalue weighted by atomic mass is 79.9. The molecular formula is C35H37BrFN3O4S. The Kier molecular flexibility index (Phi) is 11.5. The number of aryl methyl sites for hydroxylation is 1. The molecule has 0 saturated heterocycles. The summed E-state index contributed by atoms with van der Waals surface area (Å²) in [5.74, 6) is -1.38. The van der Waals surface area contributed by atoms with E-state index in [4.69, 9.17) is 0 Å². The maximum absolute atomic E-state index is 14.5. The Bertz CT molecular complexity index is 1700. The summed E-state index contributed by atoms with van der Waals surface area (Å²) in [5, 5.41) is 3.00. The minimum atomic E-state index is -4.21. The van der Waals surface area contributed by atoms with Crippen molar-refractivity contribution in [3.8, 4) is 0 Å². The molecule has 4 aromatic carbocycles. The summed E-state index contributed by atoms with van der Waals surface area (Å²) < 4.78 is 43.7. The molecule has 2 amide bonds. The number of hydrogen-bond donors (Lipinski definition) is 1. The van der Waals surface area contributed by atoms with Gasteiger partial charge in [0.2, 0.25) is 11.8 Å². The standard InChI is InChI=1S/C35H37BrFN3O4S/c1-4-26(3)38-35(42)33(21-27-9-6-5-7-10-27)39(23-28-15-17-30(37)18-16-28)34(41)24-40(31-12-8-11-29(36)22-31)45(43,44)32-19-13-25(2)14-20-32/h5-20,22,26,33H,4,21,23-24H2,1-3H3,(H,38,42)/t26-,33+/m0/s1. The number of amides is 2. The van der Waals surface area contributed by atoms with Crippen LogP contribution in [0.25, 0.3) is 0 Å². The van der Waals surface area contributed by atoms with Crippen molar-refractivity contribution >= 4 is 43.5 Å². The molecular weight excluding hydrogens is 657 g/mol. The van der Waals surface area contributed by atoms with E-state index in [1.54, 1.807) is 48.5 Å². The molecule has 0 spiro atoms. The Morgan fingerprint density at radius 3 is 2.18 bits per heavy atom. The summed E-state index contributed by atoms with van der Waals surface area (Å²) in [6.07, 6.45) is 0.874. The second-order valence-electron chi connectivity index (χ2n) is 11.0. The van der Waals surface area contributed by atoms with Gasteiger partial charge in [0.15, 0.2) is 0 Å². The lowest BCUT2D eigenvalue weighted by atomic mass is 10.0. The van der Waals surface area contributed by atoms with Crippen LogP contribution in [0, 0.1) is 12.7 Å². The van der Waals surface area contributed by atoms with Crippen LogP contribution in [-0.4, -0.2) is 43.8 Å². The third kappa shape index (κ3) is 9.02. The third-order valence-electron chi connectivity index (χ3n) is 7.52. The molecule has 0 heterocycles. The number of sulfonamides is 1. The first-order valence-corrected chi connectivity index (χ1v) is 16.9. The molecule has 0 bridgehead atoms. The van der Waals surface area contributed by atoms with E-state index in [2.05, 4.69) is 21.2 Å². The quantitative estimate of drug-likeness (QED) is 0.170. The van der Waals surface area contributed by atoms with Crippen LogP contribution in [0.5, 0.6) is 0 Å². The van der Waals surface area contributed by atoms with Gasteiger partial charge in [-0.25, -0.2) is 12.8 Å². The highest BCUT2D eigenvalue weighted by Crippen LogP contribution is 2.27. The minimum absolute atomic E-state index is 0.0290. The zero-order valence-electron chi connectivity index (χ0n) is 25.5. The number of nitrogens with zero attached hydrogens (tertiary/aromatic N) is 2. The first-order valence-electron chi connectivity index (χ1n) is 14.7. The summed E-state index contributed by atoms with van der Waals surface area (Å²) in [6.45, 7) is 5.07. The molecule has 1 N–H and O–H groups in total. The highest BCUT2D eigenvalue weighted by molar-refractivity contribution is 9.10. The molecule has 45 heavy (non-hydrogen) atoms. The Morgan fingerprint density at radius 2 is 1.56 bits per heavy atom. The van der Waals surface area contributed by atoms with Crippen LogP contribution in [0.15, 0.2) is 112 Å². The smallest absolute Gasteiger partial charge is 0.264 e. The van der Waals surface area contributed by atoms with Gasteiger partial charge in [-0.3, -0.25) is 13.9 Å². The van der Waals surface area contributed by atoms with Gasteiger partial charge in [-0.05, 0) is 73.9 Å². The molecule has 0 aliphatic carbocycles. The van der Waals surface area contributed by atoms with Crippen molar-refractivity contribution in [2.75, 3.05) is 10.8 Å². The Hall–Kier alpha value is -4.02. The van der Waals surface area contributed by atoms with Gasteiger partial charge >= 0.3 is 0 Å². The van der Waals surface area contributed by atoms with Gasteiger partial charge in [-0.1, -0.05) is 89.1 Å². The predicted molar refractivity (Wildman–Crippen MR) is 179 cm³/mol. The first kappa shape index (κ1) is 33.9. The molecule has 0 fully saturated rings. The van der Waals surface area contributed by atoms with E-state index >= 15 is 0 Å². The topological polar surface area (TPSA) is 86.8 Å². The maximum atomic E-state index is 14.5. The van der Waals surface area contributed by atoms with Crippen LogP contribution in [0.3, 0.4) is 0 Å². The van der Waals surface area contributed by atoms with Crippen LogP contribution >= 0.6 is 15.9 Å². The lowest BCUT2D eigenvalue weighted by Crippen LogP contribution is -2.54. The molecule has 4 aromatic rings. The van der Waals surface area contributed by atoms with Crippen molar-refractivity contribution in [1.82, 2.24) is 10.2 Å². The van der Waals surface area contributed by atoms with Gasteiger partial charge in [0, 0.05) is 23.5 Å². The van der Waals surface area contributed by atoms with Crippen molar-refractivity contribution in [2.45, 2.75) is 57.1 Å². The summed E-state index contributed by atoms with van der Waals surface area (Å²) >= 11 is 3.42. The molecule has 10 heteroatoms. The summed E-state index contributed by atoms with van der Waals surface area (Å²) in [7, 11) is -4.21. The van der Waals surface area contributed by atoms with E-state index in [1.165, 1.54) is 29.2 Å². The molecule has 236 valence electrons. The van der Waals surface area contributed by atoms with E-state index < -0.39 is 34.3 Å². The average molecular weight is 695 g/mol. The molecule has 0 aliphatic rings. The normalized spacial score (nSPS) is 12.6. The van der Waals surface area contributed by atoms with Crippen LogP contribution in [0.2, 0.25) is 0 Å². The second-order valence-corrected chi connectivity index (χ2v) is 13.8. The van der Waals surface area contributed by atoms with Crippen molar-refractivity contribution in [3.05, 3.63) is 130 Å². The van der Waals surface area contributed by atoms with E-state index in [9.17, 15) is 22.4 Å². The van der Waals surface area contributed by atoms with Crippen LogP contribution < -0.4 is 9.62 Å². The van der Waals surface area contributed by atoms with Gasteiger partial charge in [0.25, 0.3) is 10.0 Å². The van der Waals surface area contributed by atoms with Crippen LogP contribution in [0.4, 0.5) is 10.1 Å². The highest BCUT2D eigenvalue weighted by Gasteiger charge is 2.35. The monoisotopic (exact) mass is 693 g/mol. The number of carbonyl (C=O) groups excluding carboxylic acids is 2. The van der Waals surface area contributed by atoms with Gasteiger partial charge in [-0.15, -0.1) is 0 Å². The zero-order chi connectivity index (χ0) is 32.6. The Labute approximate surface area is 273 Å². The minimum Gasteiger partial charge on any atom is -0.352 e. The number of halogens is 2. The molecule has 0 radical (unpaired) electrons. The largest absolute Gasteiger partial charge is 0.352 e. The van der Waals surface area contributed by atoms with Gasteiger partial charge < -0.3 is 10.2 Å². The maximum Gasteiger partial charge on any atom is 0.264 e. The molecule has 7 nitrogen and oxygen atoms in total. The number of benzene rings is 4. The zero-order valence-corrected chi connectivity index (χ0v) is 27.9. The summed E-state index contributed by atoms with van der Waals surface area (Å²) in [4.78, 5) is 29.7. The molecule has 0 unspecified atom stereocenters. The molecule has 0 aromatic heterocycles. The average Bonchev–Trinajstić information content (AvgIpc) is 3.02. The van der Waals surface area contributed by atoms with Crippen molar-refractivity contribution < 1.29 is 22.4 Å². The number of hydrogen-bond acceptors (Lipinski definition) is 4. The summed E-state index contributed by atoms with van der Waals surface area (Å²) in [6, 6.07) is 27.0. The summed E-state index contributed by atoms with van der Waals surface area (Å²) in [5.41, 5.74) is 2.59. The number of carbonyl (C=O) groups is 2. The lowest BCUT2D eigenvalue weighted by Gasteiger charge is -2.34. The molecule has 2 atom stereocenters. The fourth-order valence-corrected chi connectivity index (χ4v) is 6.57. The van der Waals surface area contributed by atoms with Crippen molar-refractivity contribution in [1.29, 1.82) is 0 Å². The number of rotatable bonds is 13. The lowest BCUT2D eigenvalue weighted by molar-refractivity contribution is -0.140. The van der Waals surface area contributed by atoms with E-state index in [-0.39, 0.29) is 35.5 Å². The van der Waals surface area contributed by atoms with E-state index in [0.717, 1.165) is 15.4 Å². The second kappa shape index (κ2) is 15.3. The predicted octanol–water partition coefficient (Wildman–Crippen LogP) is 6.65. The van der Waals surface area contributed by atoms with E-state index in [1.807, 2.05) is 51.1 Å². The van der Waals surface area contributed by atoms with Crippen LogP contribution in [-0.2, 0) is 32.6 Å². The SMILES string of the molecule is CC[C@H](C)NC(=O)[C@@H](Cc1ccccc1)N(Cc1ccc(F)cc1)C(=O)CN(c1cccc(Br)c1)S(=O)(=O)c1ccc(C)cc1. The van der Waals surface area contributed by atoms with Gasteiger partial charge in [0.05, 0.1) is 10.6 Å². The number of anilines is 1. The molecule has 0 aliphatic heterocycles. The first-order chi connectivity index (χ1) is 21.5. The van der Waals surface area contributed by atoms with Crippen molar-refractivity contribution in [3.63, 3.8) is 0 Å². The third-order valence-corrected chi connectivity index (χ3v) is 9.80. The Morgan fingerprint density at radius 1 is 0.889 bits per heavy atom. The fraction of sp³-hybridized carbons (Fsp3) is 0.257. The molecule has 0 saturated carbocycles. The fourth-order valence-electron chi connectivity index (χ4n) is 4.78. The van der Waals surface area contributed by atoms with E-state index in [0.29, 0.717) is 16.5 Å².